The molecule has 102 valence electrons. The number of hydrogen-bond acceptors (Lipinski definition) is 3. The van der Waals surface area contributed by atoms with Crippen molar-refractivity contribution >= 4 is 11.6 Å². The van der Waals surface area contributed by atoms with Gasteiger partial charge in [0.25, 0.3) is 5.91 Å². The lowest BCUT2D eigenvalue weighted by molar-refractivity contribution is 0.0944. The van der Waals surface area contributed by atoms with Crippen LogP contribution in [0.25, 0.3) is 5.65 Å². The lowest BCUT2D eigenvalue weighted by Crippen LogP contribution is -2.30. The standard InChI is InChI=1S/C14H19N3O2/c1-9(2)15-14(18)12-5-6-17-11(8-19-4)7-10(3)16-13(12)17/h5-7,9H,8H2,1-4H3,(H,15,18). The highest BCUT2D eigenvalue weighted by Gasteiger charge is 2.15. The SMILES string of the molecule is COCc1cc(C)nc2c(C(=O)NC(C)C)ccn12. The average molecular weight is 261 g/mol. The molecular formula is C14H19N3O2. The Morgan fingerprint density at radius 1 is 1.53 bits per heavy atom. The molecule has 1 amide bonds. The van der Waals surface area contributed by atoms with E-state index in [9.17, 15) is 4.79 Å². The van der Waals surface area contributed by atoms with Crippen LogP contribution >= 0.6 is 0 Å². The van der Waals surface area contributed by atoms with Crippen LogP contribution in [0, 0.1) is 6.92 Å². The molecule has 5 nitrogen and oxygen atoms in total. The number of rotatable bonds is 4. The van der Waals surface area contributed by atoms with E-state index in [4.69, 9.17) is 4.74 Å². The normalized spacial score (nSPS) is 11.2. The number of carbonyl (C=O) groups is 1. The zero-order valence-corrected chi connectivity index (χ0v) is 11.7. The van der Waals surface area contributed by atoms with Crippen LogP contribution in [0.1, 0.15) is 35.6 Å². The van der Waals surface area contributed by atoms with E-state index in [2.05, 4.69) is 10.3 Å². The second-order valence-corrected chi connectivity index (χ2v) is 4.87. The second-order valence-electron chi connectivity index (χ2n) is 4.87. The summed E-state index contributed by atoms with van der Waals surface area (Å²) < 4.78 is 7.07. The Labute approximate surface area is 112 Å². The van der Waals surface area contributed by atoms with Crippen molar-refractivity contribution in [1.29, 1.82) is 0 Å². The van der Waals surface area contributed by atoms with Gasteiger partial charge in [-0.15, -0.1) is 0 Å². The zero-order chi connectivity index (χ0) is 14.0. The molecule has 2 aromatic rings. The van der Waals surface area contributed by atoms with E-state index in [1.807, 2.05) is 37.4 Å². The molecule has 0 aromatic carbocycles. The summed E-state index contributed by atoms with van der Waals surface area (Å²) in [5.74, 6) is -0.0982. The molecule has 0 radical (unpaired) electrons. The third-order valence-corrected chi connectivity index (χ3v) is 2.78. The Morgan fingerprint density at radius 3 is 2.89 bits per heavy atom. The lowest BCUT2D eigenvalue weighted by atomic mass is 10.2. The van der Waals surface area contributed by atoms with Crippen molar-refractivity contribution in [1.82, 2.24) is 14.7 Å². The van der Waals surface area contributed by atoms with Gasteiger partial charge in [-0.3, -0.25) is 4.79 Å². The van der Waals surface area contributed by atoms with Gasteiger partial charge in [-0.1, -0.05) is 0 Å². The van der Waals surface area contributed by atoms with E-state index in [1.165, 1.54) is 0 Å². The molecule has 0 aliphatic heterocycles. The Bertz CT molecular complexity index is 602. The van der Waals surface area contributed by atoms with Crippen LogP contribution in [0.2, 0.25) is 0 Å². The molecule has 0 unspecified atom stereocenters. The van der Waals surface area contributed by atoms with Crippen LogP contribution in [0.4, 0.5) is 0 Å². The third-order valence-electron chi connectivity index (χ3n) is 2.78. The zero-order valence-electron chi connectivity index (χ0n) is 11.7. The van der Waals surface area contributed by atoms with Gasteiger partial charge in [-0.2, -0.15) is 0 Å². The molecule has 2 rings (SSSR count). The van der Waals surface area contributed by atoms with Crippen LogP contribution in [0.3, 0.4) is 0 Å². The average Bonchev–Trinajstić information content (AvgIpc) is 2.72. The van der Waals surface area contributed by atoms with Crippen LogP contribution in [0.15, 0.2) is 18.3 Å². The number of carbonyl (C=O) groups excluding carboxylic acids is 1. The van der Waals surface area contributed by atoms with Crippen LogP contribution < -0.4 is 5.32 Å². The van der Waals surface area contributed by atoms with Gasteiger partial charge in [0.15, 0.2) is 0 Å². The van der Waals surface area contributed by atoms with Crippen molar-refractivity contribution in [2.45, 2.75) is 33.4 Å². The number of amides is 1. The van der Waals surface area contributed by atoms with Crippen molar-refractivity contribution in [3.05, 3.63) is 35.3 Å². The van der Waals surface area contributed by atoms with Gasteiger partial charge in [0.2, 0.25) is 0 Å². The van der Waals surface area contributed by atoms with E-state index < -0.39 is 0 Å². The highest BCUT2D eigenvalue weighted by atomic mass is 16.5. The maximum atomic E-state index is 12.1. The largest absolute Gasteiger partial charge is 0.378 e. The Kier molecular flexibility index (Phi) is 3.85. The summed E-state index contributed by atoms with van der Waals surface area (Å²) in [5.41, 5.74) is 3.12. The highest BCUT2D eigenvalue weighted by molar-refractivity contribution is 6.00. The summed E-state index contributed by atoms with van der Waals surface area (Å²) in [7, 11) is 1.65. The topological polar surface area (TPSA) is 55.6 Å². The molecule has 1 N–H and O–H groups in total. The molecule has 19 heavy (non-hydrogen) atoms. The third kappa shape index (κ3) is 2.76. The van der Waals surface area contributed by atoms with Gasteiger partial charge in [-0.05, 0) is 32.9 Å². The Balaban J connectivity index is 2.50. The number of fused-ring (bicyclic) bond motifs is 1. The summed E-state index contributed by atoms with van der Waals surface area (Å²) in [6.07, 6.45) is 1.85. The van der Waals surface area contributed by atoms with E-state index >= 15 is 0 Å². The summed E-state index contributed by atoms with van der Waals surface area (Å²) >= 11 is 0. The van der Waals surface area contributed by atoms with E-state index in [0.29, 0.717) is 17.8 Å². The minimum absolute atomic E-state index is 0.0982. The smallest absolute Gasteiger partial charge is 0.255 e. The van der Waals surface area contributed by atoms with Crippen molar-refractivity contribution < 1.29 is 9.53 Å². The quantitative estimate of drug-likeness (QED) is 0.915. The molecule has 2 heterocycles. The number of methoxy groups -OCH3 is 1. The summed E-state index contributed by atoms with van der Waals surface area (Å²) in [5, 5.41) is 2.88. The van der Waals surface area contributed by atoms with Crippen molar-refractivity contribution in [2.75, 3.05) is 7.11 Å². The number of nitrogens with one attached hydrogen (secondary N) is 1. The van der Waals surface area contributed by atoms with E-state index in [0.717, 1.165) is 11.4 Å². The number of nitrogens with zero attached hydrogens (tertiary/aromatic N) is 2. The molecule has 0 bridgehead atoms. The fraction of sp³-hybridized carbons (Fsp3) is 0.429. The Hall–Kier alpha value is -1.88. The van der Waals surface area contributed by atoms with Gasteiger partial charge >= 0.3 is 0 Å². The first-order chi connectivity index (χ1) is 9.02. The maximum Gasteiger partial charge on any atom is 0.255 e. The molecule has 0 atom stereocenters. The molecule has 2 aromatic heterocycles. The fourth-order valence-electron chi connectivity index (χ4n) is 2.06. The van der Waals surface area contributed by atoms with E-state index in [-0.39, 0.29) is 11.9 Å². The first kappa shape index (κ1) is 13.5. The van der Waals surface area contributed by atoms with Crippen molar-refractivity contribution in [3.63, 3.8) is 0 Å². The fourth-order valence-corrected chi connectivity index (χ4v) is 2.06. The molecule has 0 aliphatic rings. The first-order valence-electron chi connectivity index (χ1n) is 6.30. The molecule has 0 saturated heterocycles. The van der Waals surface area contributed by atoms with Gasteiger partial charge in [0.05, 0.1) is 17.9 Å². The van der Waals surface area contributed by atoms with Crippen LogP contribution in [0.5, 0.6) is 0 Å². The highest BCUT2D eigenvalue weighted by Crippen LogP contribution is 2.15. The summed E-state index contributed by atoms with van der Waals surface area (Å²) in [6, 6.07) is 3.85. The van der Waals surface area contributed by atoms with E-state index in [1.54, 1.807) is 13.2 Å². The number of aryl methyl sites for hydroxylation is 1. The summed E-state index contributed by atoms with van der Waals surface area (Å²) in [4.78, 5) is 16.6. The summed E-state index contributed by atoms with van der Waals surface area (Å²) in [6.45, 7) is 6.27. The minimum atomic E-state index is -0.0982. The van der Waals surface area contributed by atoms with Crippen molar-refractivity contribution in [3.8, 4) is 0 Å². The number of ether oxygens (including phenoxy) is 1. The number of hydrogen-bond donors (Lipinski definition) is 1. The Morgan fingerprint density at radius 2 is 2.26 bits per heavy atom. The molecule has 0 fully saturated rings. The molecule has 0 aliphatic carbocycles. The maximum absolute atomic E-state index is 12.1. The predicted octanol–water partition coefficient (Wildman–Crippen LogP) is 1.93. The lowest BCUT2D eigenvalue weighted by Gasteiger charge is -2.09. The van der Waals surface area contributed by atoms with Crippen LogP contribution in [-0.2, 0) is 11.3 Å². The monoisotopic (exact) mass is 261 g/mol. The van der Waals surface area contributed by atoms with Crippen LogP contribution in [-0.4, -0.2) is 28.4 Å². The first-order valence-corrected chi connectivity index (χ1v) is 6.30. The molecule has 0 saturated carbocycles. The van der Waals surface area contributed by atoms with Gasteiger partial charge in [0, 0.05) is 25.0 Å². The number of aromatic nitrogens is 2. The second kappa shape index (κ2) is 5.40. The van der Waals surface area contributed by atoms with Gasteiger partial charge in [0.1, 0.15) is 5.65 Å². The van der Waals surface area contributed by atoms with Gasteiger partial charge < -0.3 is 14.5 Å². The minimum Gasteiger partial charge on any atom is -0.378 e. The van der Waals surface area contributed by atoms with Gasteiger partial charge in [-0.25, -0.2) is 4.98 Å². The molecule has 5 heteroatoms. The predicted molar refractivity (Wildman–Crippen MR) is 73.2 cm³/mol. The molecule has 0 spiro atoms. The molecular weight excluding hydrogens is 242 g/mol. The van der Waals surface area contributed by atoms with Crippen molar-refractivity contribution in [2.24, 2.45) is 0 Å².